The highest BCUT2D eigenvalue weighted by atomic mass is 35.5. The molecule has 106 valence electrons. The van der Waals surface area contributed by atoms with E-state index in [4.69, 9.17) is 16.1 Å². The molecule has 1 aromatic heterocycles. The second-order valence-electron chi connectivity index (χ2n) is 4.92. The highest BCUT2D eigenvalue weighted by molar-refractivity contribution is 6.30. The van der Waals surface area contributed by atoms with Gasteiger partial charge in [-0.3, -0.25) is 4.79 Å². The van der Waals surface area contributed by atoms with Crippen molar-refractivity contribution in [2.75, 3.05) is 6.54 Å². The standard InChI is InChI=1S/C14H14ClFN2O2/c15-9-1-2-11(12(16)7-9)13-8-10(3-5-17-13)18-14(19)4-6-20-18/h1-2,4,6-7,10,13,17H,3,5,8H2/t10-,13+/m0/s1. The van der Waals surface area contributed by atoms with E-state index in [2.05, 4.69) is 5.32 Å². The van der Waals surface area contributed by atoms with Gasteiger partial charge in [0.2, 0.25) is 0 Å². The quantitative estimate of drug-likeness (QED) is 0.927. The van der Waals surface area contributed by atoms with E-state index in [1.54, 1.807) is 12.1 Å². The number of hydrogen-bond acceptors (Lipinski definition) is 3. The van der Waals surface area contributed by atoms with Crippen molar-refractivity contribution in [1.82, 2.24) is 10.1 Å². The number of hydrogen-bond donors (Lipinski definition) is 1. The summed E-state index contributed by atoms with van der Waals surface area (Å²) in [7, 11) is 0. The Morgan fingerprint density at radius 1 is 1.40 bits per heavy atom. The summed E-state index contributed by atoms with van der Waals surface area (Å²) in [5.41, 5.74) is 0.408. The maximum atomic E-state index is 14.0. The van der Waals surface area contributed by atoms with Crippen LogP contribution in [0.2, 0.25) is 5.02 Å². The van der Waals surface area contributed by atoms with Crippen LogP contribution in [-0.4, -0.2) is 11.3 Å². The lowest BCUT2D eigenvalue weighted by molar-refractivity contribution is 0.160. The minimum atomic E-state index is -0.331. The maximum Gasteiger partial charge on any atom is 0.282 e. The zero-order valence-electron chi connectivity index (χ0n) is 10.7. The average molecular weight is 297 g/mol. The molecule has 2 atom stereocenters. The number of rotatable bonds is 2. The number of nitrogens with zero attached hydrogens (tertiary/aromatic N) is 1. The topological polar surface area (TPSA) is 47.2 Å². The third-order valence-corrected chi connectivity index (χ3v) is 3.88. The fraction of sp³-hybridized carbons (Fsp3) is 0.357. The van der Waals surface area contributed by atoms with Crippen molar-refractivity contribution >= 4 is 11.6 Å². The molecule has 2 heterocycles. The summed E-state index contributed by atoms with van der Waals surface area (Å²) >= 11 is 5.77. The molecule has 0 aliphatic carbocycles. The Morgan fingerprint density at radius 3 is 2.95 bits per heavy atom. The SMILES string of the molecule is O=c1ccon1[C@H]1CCN[C@@H](c2ccc(Cl)cc2F)C1. The van der Waals surface area contributed by atoms with Crippen LogP contribution in [0.1, 0.15) is 30.5 Å². The van der Waals surface area contributed by atoms with Crippen LogP contribution in [-0.2, 0) is 0 Å². The molecule has 2 aromatic rings. The molecule has 1 fully saturated rings. The van der Waals surface area contributed by atoms with E-state index in [-0.39, 0.29) is 23.5 Å². The van der Waals surface area contributed by atoms with Crippen LogP contribution in [0.5, 0.6) is 0 Å². The van der Waals surface area contributed by atoms with Gasteiger partial charge < -0.3 is 9.84 Å². The fourth-order valence-corrected chi connectivity index (χ4v) is 2.84. The van der Waals surface area contributed by atoms with Crippen LogP contribution in [0.25, 0.3) is 0 Å². The summed E-state index contributed by atoms with van der Waals surface area (Å²) in [5.74, 6) is -0.331. The molecule has 0 radical (unpaired) electrons. The lowest BCUT2D eigenvalue weighted by Crippen LogP contribution is -2.35. The molecular weight excluding hydrogens is 283 g/mol. The Kier molecular flexibility index (Phi) is 3.63. The Labute approximate surface area is 120 Å². The molecule has 6 heteroatoms. The van der Waals surface area contributed by atoms with Gasteiger partial charge in [-0.05, 0) is 31.5 Å². The Balaban J connectivity index is 1.85. The highest BCUT2D eigenvalue weighted by Gasteiger charge is 2.27. The first-order valence-corrected chi connectivity index (χ1v) is 6.88. The molecule has 0 bridgehead atoms. The first kappa shape index (κ1) is 13.4. The van der Waals surface area contributed by atoms with Gasteiger partial charge in [-0.1, -0.05) is 17.7 Å². The number of benzene rings is 1. The van der Waals surface area contributed by atoms with E-state index in [1.165, 1.54) is 23.1 Å². The minimum absolute atomic E-state index is 0.0566. The van der Waals surface area contributed by atoms with Gasteiger partial charge in [0.15, 0.2) is 0 Å². The smallest absolute Gasteiger partial charge is 0.282 e. The Hall–Kier alpha value is -1.59. The summed E-state index contributed by atoms with van der Waals surface area (Å²) in [5, 5.41) is 3.64. The lowest BCUT2D eigenvalue weighted by atomic mass is 9.93. The van der Waals surface area contributed by atoms with Crippen LogP contribution >= 0.6 is 11.6 Å². The highest BCUT2D eigenvalue weighted by Crippen LogP contribution is 2.31. The number of halogens is 2. The third kappa shape index (κ3) is 2.51. The lowest BCUT2D eigenvalue weighted by Gasteiger charge is -2.30. The molecule has 1 aliphatic heterocycles. The molecule has 0 saturated carbocycles. The van der Waals surface area contributed by atoms with Crippen LogP contribution < -0.4 is 10.9 Å². The van der Waals surface area contributed by atoms with Crippen LogP contribution in [0.4, 0.5) is 4.39 Å². The van der Waals surface area contributed by atoms with Gasteiger partial charge >= 0.3 is 0 Å². The van der Waals surface area contributed by atoms with Crippen molar-refractivity contribution in [2.45, 2.75) is 24.9 Å². The van der Waals surface area contributed by atoms with Gasteiger partial charge in [-0.25, -0.2) is 4.39 Å². The summed E-state index contributed by atoms with van der Waals surface area (Å²) in [4.78, 5) is 11.6. The van der Waals surface area contributed by atoms with Crippen LogP contribution in [0.15, 0.2) is 39.8 Å². The molecule has 4 nitrogen and oxygen atoms in total. The van der Waals surface area contributed by atoms with E-state index < -0.39 is 0 Å². The predicted molar refractivity (Wildman–Crippen MR) is 73.4 cm³/mol. The Bertz CT molecular complexity index is 667. The summed E-state index contributed by atoms with van der Waals surface area (Å²) < 4.78 is 20.5. The second kappa shape index (κ2) is 5.42. The molecule has 1 aromatic carbocycles. The summed E-state index contributed by atoms with van der Waals surface area (Å²) in [6.45, 7) is 0.699. The van der Waals surface area contributed by atoms with Crippen molar-refractivity contribution in [3.8, 4) is 0 Å². The van der Waals surface area contributed by atoms with Crippen molar-refractivity contribution < 1.29 is 8.91 Å². The molecule has 0 unspecified atom stereocenters. The second-order valence-corrected chi connectivity index (χ2v) is 5.36. The monoisotopic (exact) mass is 296 g/mol. The first-order chi connectivity index (χ1) is 9.65. The van der Waals surface area contributed by atoms with Crippen molar-refractivity contribution in [3.05, 3.63) is 57.3 Å². The molecule has 1 aliphatic rings. The van der Waals surface area contributed by atoms with E-state index >= 15 is 0 Å². The number of nitrogens with one attached hydrogen (secondary N) is 1. The van der Waals surface area contributed by atoms with Gasteiger partial charge in [0.05, 0.1) is 6.04 Å². The molecule has 1 N–H and O–H groups in total. The van der Waals surface area contributed by atoms with Crippen molar-refractivity contribution in [2.24, 2.45) is 0 Å². The van der Waals surface area contributed by atoms with E-state index in [1.807, 2.05) is 0 Å². The average Bonchev–Trinajstić information content (AvgIpc) is 2.85. The molecule has 0 spiro atoms. The largest absolute Gasteiger partial charge is 0.384 e. The van der Waals surface area contributed by atoms with Crippen molar-refractivity contribution in [3.63, 3.8) is 0 Å². The third-order valence-electron chi connectivity index (χ3n) is 3.65. The minimum Gasteiger partial charge on any atom is -0.384 e. The van der Waals surface area contributed by atoms with Crippen molar-refractivity contribution in [1.29, 1.82) is 0 Å². The predicted octanol–water partition coefficient (Wildman–Crippen LogP) is 2.90. The van der Waals surface area contributed by atoms with E-state index in [0.717, 1.165) is 6.42 Å². The molecular formula is C14H14ClFN2O2. The number of piperidine rings is 1. The van der Waals surface area contributed by atoms with E-state index in [9.17, 15) is 9.18 Å². The normalized spacial score (nSPS) is 22.9. The molecule has 0 amide bonds. The molecule has 1 saturated heterocycles. The van der Waals surface area contributed by atoms with Gasteiger partial charge in [0.1, 0.15) is 12.1 Å². The van der Waals surface area contributed by atoms with Gasteiger partial charge in [-0.2, -0.15) is 4.74 Å². The number of aromatic nitrogens is 1. The van der Waals surface area contributed by atoms with E-state index in [0.29, 0.717) is 23.6 Å². The van der Waals surface area contributed by atoms with Gasteiger partial charge in [-0.15, -0.1) is 0 Å². The summed E-state index contributed by atoms with van der Waals surface area (Å²) in [6.07, 6.45) is 2.76. The molecule has 20 heavy (non-hydrogen) atoms. The zero-order chi connectivity index (χ0) is 14.1. The van der Waals surface area contributed by atoms with Crippen LogP contribution in [0.3, 0.4) is 0 Å². The maximum absolute atomic E-state index is 14.0. The fourth-order valence-electron chi connectivity index (χ4n) is 2.68. The zero-order valence-corrected chi connectivity index (χ0v) is 11.4. The Morgan fingerprint density at radius 2 is 2.25 bits per heavy atom. The van der Waals surface area contributed by atoms with Gasteiger partial charge in [0.25, 0.3) is 5.56 Å². The molecule has 3 rings (SSSR count). The summed E-state index contributed by atoms with van der Waals surface area (Å²) in [6, 6.07) is 5.84. The van der Waals surface area contributed by atoms with Crippen LogP contribution in [0, 0.1) is 5.82 Å². The van der Waals surface area contributed by atoms with Gasteiger partial charge in [0, 0.05) is 22.7 Å². The first-order valence-electron chi connectivity index (χ1n) is 6.50.